The lowest BCUT2D eigenvalue weighted by atomic mass is 9.91. The van der Waals surface area contributed by atoms with E-state index < -0.39 is 29.1 Å². The number of amides is 1. The summed E-state index contributed by atoms with van der Waals surface area (Å²) in [5.74, 6) is -3.11. The summed E-state index contributed by atoms with van der Waals surface area (Å²) in [5.41, 5.74) is -0.593. The van der Waals surface area contributed by atoms with Gasteiger partial charge in [-0.3, -0.25) is 0 Å². The van der Waals surface area contributed by atoms with Crippen LogP contribution in [-0.2, 0) is 4.74 Å². The van der Waals surface area contributed by atoms with Crippen LogP contribution < -0.4 is 10.6 Å². The second-order valence-corrected chi connectivity index (χ2v) is 7.09. The van der Waals surface area contributed by atoms with Gasteiger partial charge in [-0.05, 0) is 46.5 Å². The SMILES string of the molecule is CC(C)(C)OC(=O)NC1CCC(Nc2cc(F)c(F)cc2F)CC1. The van der Waals surface area contributed by atoms with E-state index in [0.29, 0.717) is 31.7 Å². The quantitative estimate of drug-likeness (QED) is 0.802. The van der Waals surface area contributed by atoms with Gasteiger partial charge < -0.3 is 15.4 Å². The van der Waals surface area contributed by atoms with E-state index in [1.165, 1.54) is 0 Å². The fourth-order valence-corrected chi connectivity index (χ4v) is 2.71. The topological polar surface area (TPSA) is 50.4 Å². The zero-order chi connectivity index (χ0) is 17.9. The number of alkyl carbamates (subject to hydrolysis) is 1. The van der Waals surface area contributed by atoms with E-state index in [9.17, 15) is 18.0 Å². The summed E-state index contributed by atoms with van der Waals surface area (Å²) in [6.45, 7) is 5.39. The molecule has 0 spiro atoms. The molecule has 1 aromatic rings. The van der Waals surface area contributed by atoms with Crippen molar-refractivity contribution < 1.29 is 22.7 Å². The normalized spacial score (nSPS) is 21.2. The molecular weight excluding hydrogens is 321 g/mol. The van der Waals surface area contributed by atoms with Crippen molar-refractivity contribution in [3.63, 3.8) is 0 Å². The smallest absolute Gasteiger partial charge is 0.407 e. The van der Waals surface area contributed by atoms with Crippen LogP contribution in [0.25, 0.3) is 0 Å². The molecule has 1 aromatic carbocycles. The number of rotatable bonds is 3. The molecule has 1 aliphatic carbocycles. The first kappa shape index (κ1) is 18.4. The minimum atomic E-state index is -1.21. The fourth-order valence-electron chi connectivity index (χ4n) is 2.71. The number of anilines is 1. The Labute approximate surface area is 139 Å². The highest BCUT2D eigenvalue weighted by Gasteiger charge is 2.25. The van der Waals surface area contributed by atoms with Crippen molar-refractivity contribution in [2.45, 2.75) is 64.1 Å². The number of hydrogen-bond donors (Lipinski definition) is 2. The third-order valence-electron chi connectivity index (χ3n) is 3.82. The first-order valence-electron chi connectivity index (χ1n) is 8.04. The van der Waals surface area contributed by atoms with E-state index in [-0.39, 0.29) is 17.8 Å². The predicted octanol–water partition coefficient (Wildman–Crippen LogP) is 4.35. The molecule has 0 bridgehead atoms. The highest BCUT2D eigenvalue weighted by atomic mass is 19.2. The van der Waals surface area contributed by atoms with Gasteiger partial charge in [-0.15, -0.1) is 0 Å². The van der Waals surface area contributed by atoms with E-state index in [1.54, 1.807) is 20.8 Å². The predicted molar refractivity (Wildman–Crippen MR) is 85.4 cm³/mol. The molecule has 7 heteroatoms. The Morgan fingerprint density at radius 2 is 1.54 bits per heavy atom. The maximum absolute atomic E-state index is 13.6. The summed E-state index contributed by atoms with van der Waals surface area (Å²) in [6.07, 6.45) is 2.30. The molecule has 1 saturated carbocycles. The van der Waals surface area contributed by atoms with Crippen molar-refractivity contribution in [1.29, 1.82) is 0 Å². The molecule has 2 N–H and O–H groups in total. The Balaban J connectivity index is 1.83. The Bertz CT molecular complexity index is 594. The lowest BCUT2D eigenvalue weighted by Crippen LogP contribution is -2.42. The molecule has 24 heavy (non-hydrogen) atoms. The van der Waals surface area contributed by atoms with Crippen LogP contribution in [0.4, 0.5) is 23.7 Å². The van der Waals surface area contributed by atoms with Crippen molar-refractivity contribution >= 4 is 11.8 Å². The average Bonchev–Trinajstić information content (AvgIpc) is 2.44. The van der Waals surface area contributed by atoms with Gasteiger partial charge in [-0.2, -0.15) is 0 Å². The van der Waals surface area contributed by atoms with Crippen molar-refractivity contribution in [1.82, 2.24) is 5.32 Å². The molecule has 4 nitrogen and oxygen atoms in total. The lowest BCUT2D eigenvalue weighted by Gasteiger charge is -2.31. The van der Waals surface area contributed by atoms with E-state index in [0.717, 1.165) is 6.07 Å². The van der Waals surface area contributed by atoms with Gasteiger partial charge in [0.1, 0.15) is 11.4 Å². The number of carbonyl (C=O) groups excluding carboxylic acids is 1. The molecule has 0 aromatic heterocycles. The summed E-state index contributed by atoms with van der Waals surface area (Å²) in [5, 5.41) is 5.72. The summed E-state index contributed by atoms with van der Waals surface area (Å²) in [4.78, 5) is 11.7. The van der Waals surface area contributed by atoms with Gasteiger partial charge in [0.05, 0.1) is 5.69 Å². The van der Waals surface area contributed by atoms with Gasteiger partial charge in [0, 0.05) is 24.2 Å². The number of hydrogen-bond acceptors (Lipinski definition) is 3. The van der Waals surface area contributed by atoms with Crippen LogP contribution in [0.15, 0.2) is 12.1 Å². The minimum Gasteiger partial charge on any atom is -0.444 e. The third-order valence-corrected chi connectivity index (χ3v) is 3.82. The molecule has 0 saturated heterocycles. The van der Waals surface area contributed by atoms with Crippen LogP contribution >= 0.6 is 0 Å². The van der Waals surface area contributed by atoms with E-state index in [4.69, 9.17) is 4.74 Å². The summed E-state index contributed by atoms with van der Waals surface area (Å²) >= 11 is 0. The van der Waals surface area contributed by atoms with Crippen LogP contribution in [0.3, 0.4) is 0 Å². The molecule has 0 aliphatic heterocycles. The van der Waals surface area contributed by atoms with E-state index in [2.05, 4.69) is 10.6 Å². The van der Waals surface area contributed by atoms with Crippen molar-refractivity contribution in [2.24, 2.45) is 0 Å². The third kappa shape index (κ3) is 5.32. The van der Waals surface area contributed by atoms with Gasteiger partial charge in [0.2, 0.25) is 0 Å². The summed E-state index contributed by atoms with van der Waals surface area (Å²) < 4.78 is 45.0. The van der Waals surface area contributed by atoms with Gasteiger partial charge in [-0.1, -0.05) is 0 Å². The maximum atomic E-state index is 13.6. The van der Waals surface area contributed by atoms with E-state index >= 15 is 0 Å². The van der Waals surface area contributed by atoms with Gasteiger partial charge >= 0.3 is 6.09 Å². The zero-order valence-corrected chi connectivity index (χ0v) is 14.1. The summed E-state index contributed by atoms with van der Waals surface area (Å²) in [6, 6.07) is 1.30. The van der Waals surface area contributed by atoms with Gasteiger partial charge in [-0.25, -0.2) is 18.0 Å². The van der Waals surface area contributed by atoms with Crippen molar-refractivity contribution in [3.8, 4) is 0 Å². The van der Waals surface area contributed by atoms with Crippen LogP contribution in [0, 0.1) is 17.5 Å². The molecule has 0 atom stereocenters. The van der Waals surface area contributed by atoms with Crippen molar-refractivity contribution in [2.75, 3.05) is 5.32 Å². The van der Waals surface area contributed by atoms with Crippen LogP contribution in [0.1, 0.15) is 46.5 Å². The molecule has 134 valence electrons. The molecule has 2 rings (SSSR count). The Morgan fingerprint density at radius 1 is 1.00 bits per heavy atom. The minimum absolute atomic E-state index is 0.00676. The summed E-state index contributed by atoms with van der Waals surface area (Å²) in [7, 11) is 0. The first-order valence-corrected chi connectivity index (χ1v) is 8.04. The molecule has 1 fully saturated rings. The van der Waals surface area contributed by atoms with Gasteiger partial charge in [0.15, 0.2) is 11.6 Å². The fraction of sp³-hybridized carbons (Fsp3) is 0.588. The maximum Gasteiger partial charge on any atom is 0.407 e. The van der Waals surface area contributed by atoms with E-state index in [1.807, 2.05) is 0 Å². The second-order valence-electron chi connectivity index (χ2n) is 7.09. The van der Waals surface area contributed by atoms with Crippen LogP contribution in [0.2, 0.25) is 0 Å². The monoisotopic (exact) mass is 344 g/mol. The van der Waals surface area contributed by atoms with Crippen LogP contribution in [-0.4, -0.2) is 23.8 Å². The molecule has 0 unspecified atom stereocenters. The Hall–Kier alpha value is -1.92. The zero-order valence-electron chi connectivity index (χ0n) is 14.1. The van der Waals surface area contributed by atoms with Crippen molar-refractivity contribution in [3.05, 3.63) is 29.6 Å². The standard InChI is InChI=1S/C17H23F3N2O2/c1-17(2,3)24-16(23)22-11-6-4-10(5-7-11)21-15-9-13(19)12(18)8-14(15)20/h8-11,21H,4-7H2,1-3H3,(H,22,23). The molecule has 1 amide bonds. The number of ether oxygens (including phenoxy) is 1. The largest absolute Gasteiger partial charge is 0.444 e. The lowest BCUT2D eigenvalue weighted by molar-refractivity contribution is 0.0492. The molecular formula is C17H23F3N2O2. The Morgan fingerprint density at radius 3 is 2.12 bits per heavy atom. The number of nitrogens with one attached hydrogen (secondary N) is 2. The first-order chi connectivity index (χ1) is 11.1. The number of carbonyl (C=O) groups is 1. The Kier molecular flexibility index (Phi) is 5.62. The molecule has 1 aliphatic rings. The second kappa shape index (κ2) is 7.32. The van der Waals surface area contributed by atoms with Gasteiger partial charge in [0.25, 0.3) is 0 Å². The number of halogens is 3. The van der Waals surface area contributed by atoms with Crippen LogP contribution in [0.5, 0.6) is 0 Å². The average molecular weight is 344 g/mol. The highest BCUT2D eigenvalue weighted by Crippen LogP contribution is 2.25. The molecule has 0 heterocycles. The number of benzene rings is 1. The highest BCUT2D eigenvalue weighted by molar-refractivity contribution is 5.68. The molecule has 0 radical (unpaired) electrons.